The highest BCUT2D eigenvalue weighted by molar-refractivity contribution is 5.76. The van der Waals surface area contributed by atoms with E-state index in [9.17, 15) is 4.79 Å². The van der Waals surface area contributed by atoms with Crippen LogP contribution in [0.15, 0.2) is 45.6 Å². The van der Waals surface area contributed by atoms with Gasteiger partial charge in [0.15, 0.2) is 0 Å². The van der Waals surface area contributed by atoms with Gasteiger partial charge in [-0.05, 0) is 24.3 Å². The standard InChI is InChI=1S/C15H19NO4/c1-18-11-8-16(12-14-5-3-10-20-14)15(17)7-6-13-4-2-9-19-13/h2-5,9-10H,6-8,11-12H2,1H3. The van der Waals surface area contributed by atoms with Crippen LogP contribution in [0.3, 0.4) is 0 Å². The lowest BCUT2D eigenvalue weighted by Gasteiger charge is -2.21. The van der Waals surface area contributed by atoms with Crippen molar-refractivity contribution < 1.29 is 18.4 Å². The van der Waals surface area contributed by atoms with Crippen LogP contribution in [0.5, 0.6) is 0 Å². The predicted molar refractivity (Wildman–Crippen MR) is 73.0 cm³/mol. The predicted octanol–water partition coefficient (Wildman–Crippen LogP) is 2.48. The van der Waals surface area contributed by atoms with Crippen LogP contribution in [0, 0.1) is 0 Å². The molecule has 0 fully saturated rings. The fraction of sp³-hybridized carbons (Fsp3) is 0.400. The zero-order valence-electron chi connectivity index (χ0n) is 11.6. The molecule has 0 aliphatic heterocycles. The summed E-state index contributed by atoms with van der Waals surface area (Å²) in [4.78, 5) is 14.0. The van der Waals surface area contributed by atoms with E-state index in [2.05, 4.69) is 0 Å². The minimum atomic E-state index is 0.0647. The number of methoxy groups -OCH3 is 1. The molecular formula is C15H19NO4. The molecule has 0 unspecified atom stereocenters. The van der Waals surface area contributed by atoms with Crippen LogP contribution in [0.4, 0.5) is 0 Å². The summed E-state index contributed by atoms with van der Waals surface area (Å²) in [5.74, 6) is 1.66. The second kappa shape index (κ2) is 7.55. The second-order valence-electron chi connectivity index (χ2n) is 4.47. The van der Waals surface area contributed by atoms with Crippen molar-refractivity contribution >= 4 is 5.91 Å². The molecule has 0 bridgehead atoms. The van der Waals surface area contributed by atoms with Gasteiger partial charge in [-0.2, -0.15) is 0 Å². The van der Waals surface area contributed by atoms with Crippen molar-refractivity contribution in [2.24, 2.45) is 0 Å². The number of hydrogen-bond acceptors (Lipinski definition) is 4. The van der Waals surface area contributed by atoms with Crippen LogP contribution in [-0.4, -0.2) is 31.1 Å². The molecule has 0 saturated carbocycles. The van der Waals surface area contributed by atoms with E-state index in [4.69, 9.17) is 13.6 Å². The summed E-state index contributed by atoms with van der Waals surface area (Å²) < 4.78 is 15.6. The van der Waals surface area contributed by atoms with Gasteiger partial charge in [0.2, 0.25) is 5.91 Å². The maximum absolute atomic E-state index is 12.3. The zero-order valence-corrected chi connectivity index (χ0v) is 11.6. The molecule has 0 aromatic carbocycles. The lowest BCUT2D eigenvalue weighted by Crippen LogP contribution is -2.33. The third kappa shape index (κ3) is 4.28. The van der Waals surface area contributed by atoms with Crippen LogP contribution >= 0.6 is 0 Å². The Hall–Kier alpha value is -2.01. The van der Waals surface area contributed by atoms with E-state index < -0.39 is 0 Å². The summed E-state index contributed by atoms with van der Waals surface area (Å²) in [6.45, 7) is 1.52. The van der Waals surface area contributed by atoms with Gasteiger partial charge < -0.3 is 18.5 Å². The van der Waals surface area contributed by atoms with Crippen LogP contribution in [0.1, 0.15) is 17.9 Å². The second-order valence-corrected chi connectivity index (χ2v) is 4.47. The van der Waals surface area contributed by atoms with Gasteiger partial charge in [0.25, 0.3) is 0 Å². The van der Waals surface area contributed by atoms with Gasteiger partial charge in [-0.3, -0.25) is 4.79 Å². The molecule has 5 heteroatoms. The van der Waals surface area contributed by atoms with Crippen molar-refractivity contribution in [3.05, 3.63) is 48.3 Å². The van der Waals surface area contributed by atoms with Crippen molar-refractivity contribution in [2.45, 2.75) is 19.4 Å². The first-order valence-corrected chi connectivity index (χ1v) is 6.61. The smallest absolute Gasteiger partial charge is 0.223 e. The Bertz CT molecular complexity index is 490. The lowest BCUT2D eigenvalue weighted by atomic mass is 10.2. The van der Waals surface area contributed by atoms with Gasteiger partial charge >= 0.3 is 0 Å². The van der Waals surface area contributed by atoms with Gasteiger partial charge in [0, 0.05) is 26.5 Å². The Morgan fingerprint density at radius 2 is 1.90 bits per heavy atom. The highest BCUT2D eigenvalue weighted by Gasteiger charge is 2.15. The van der Waals surface area contributed by atoms with E-state index >= 15 is 0 Å². The minimum absolute atomic E-state index is 0.0647. The maximum atomic E-state index is 12.3. The monoisotopic (exact) mass is 277 g/mol. The SMILES string of the molecule is COCCN(Cc1ccco1)C(=O)CCc1ccco1. The molecule has 0 N–H and O–H groups in total. The summed E-state index contributed by atoms with van der Waals surface area (Å²) in [5, 5.41) is 0. The van der Waals surface area contributed by atoms with E-state index in [0.717, 1.165) is 11.5 Å². The Labute approximate surface area is 118 Å². The number of aryl methyl sites for hydroxylation is 1. The molecule has 0 spiro atoms. The molecule has 20 heavy (non-hydrogen) atoms. The molecule has 0 atom stereocenters. The molecule has 2 aromatic heterocycles. The van der Waals surface area contributed by atoms with Crippen molar-refractivity contribution in [3.8, 4) is 0 Å². The highest BCUT2D eigenvalue weighted by atomic mass is 16.5. The number of rotatable bonds is 8. The molecule has 0 saturated heterocycles. The number of carbonyl (C=O) groups excluding carboxylic acids is 1. The van der Waals surface area contributed by atoms with Crippen LogP contribution in [0.2, 0.25) is 0 Å². The van der Waals surface area contributed by atoms with E-state index in [1.165, 1.54) is 0 Å². The fourth-order valence-corrected chi connectivity index (χ4v) is 1.93. The van der Waals surface area contributed by atoms with Crippen molar-refractivity contribution in [1.82, 2.24) is 4.90 Å². The molecule has 1 amide bonds. The molecule has 108 valence electrons. The molecule has 0 aliphatic carbocycles. The molecule has 0 aliphatic rings. The van der Waals surface area contributed by atoms with E-state index in [0.29, 0.717) is 32.5 Å². The molecular weight excluding hydrogens is 258 g/mol. The van der Waals surface area contributed by atoms with Gasteiger partial charge in [0.1, 0.15) is 11.5 Å². The first-order chi connectivity index (χ1) is 9.79. The number of amides is 1. The zero-order chi connectivity index (χ0) is 14.2. The first-order valence-electron chi connectivity index (χ1n) is 6.61. The molecule has 2 heterocycles. The Balaban J connectivity index is 1.89. The van der Waals surface area contributed by atoms with Crippen LogP contribution in [0.25, 0.3) is 0 Å². The van der Waals surface area contributed by atoms with Gasteiger partial charge in [-0.1, -0.05) is 0 Å². The maximum Gasteiger partial charge on any atom is 0.223 e. The molecule has 2 aromatic rings. The summed E-state index contributed by atoms with van der Waals surface area (Å²) in [6.07, 6.45) is 4.24. The topological polar surface area (TPSA) is 55.8 Å². The summed E-state index contributed by atoms with van der Waals surface area (Å²) >= 11 is 0. The van der Waals surface area contributed by atoms with Gasteiger partial charge in [-0.25, -0.2) is 0 Å². The van der Waals surface area contributed by atoms with Gasteiger partial charge in [0.05, 0.1) is 25.7 Å². The Morgan fingerprint density at radius 1 is 1.20 bits per heavy atom. The Kier molecular flexibility index (Phi) is 5.43. The summed E-state index contributed by atoms with van der Waals surface area (Å²) in [5.41, 5.74) is 0. The average Bonchev–Trinajstić information content (AvgIpc) is 3.13. The normalized spacial score (nSPS) is 10.7. The van der Waals surface area contributed by atoms with E-state index in [1.807, 2.05) is 24.3 Å². The number of hydrogen-bond donors (Lipinski definition) is 0. The number of carbonyl (C=O) groups is 1. The fourth-order valence-electron chi connectivity index (χ4n) is 1.93. The summed E-state index contributed by atoms with van der Waals surface area (Å²) in [6, 6.07) is 7.38. The minimum Gasteiger partial charge on any atom is -0.469 e. The lowest BCUT2D eigenvalue weighted by molar-refractivity contribution is -0.132. The van der Waals surface area contributed by atoms with Crippen LogP contribution in [-0.2, 0) is 22.5 Å². The molecule has 5 nitrogen and oxygen atoms in total. The summed E-state index contributed by atoms with van der Waals surface area (Å²) in [7, 11) is 1.62. The number of nitrogens with zero attached hydrogens (tertiary/aromatic N) is 1. The van der Waals surface area contributed by atoms with Crippen molar-refractivity contribution in [1.29, 1.82) is 0 Å². The van der Waals surface area contributed by atoms with E-state index in [-0.39, 0.29) is 5.91 Å². The van der Waals surface area contributed by atoms with Crippen LogP contribution < -0.4 is 0 Å². The number of furan rings is 2. The highest BCUT2D eigenvalue weighted by Crippen LogP contribution is 2.10. The van der Waals surface area contributed by atoms with E-state index in [1.54, 1.807) is 24.5 Å². The first kappa shape index (κ1) is 14.4. The molecule has 0 radical (unpaired) electrons. The largest absolute Gasteiger partial charge is 0.469 e. The average molecular weight is 277 g/mol. The molecule has 2 rings (SSSR count). The Morgan fingerprint density at radius 3 is 2.50 bits per heavy atom. The quantitative estimate of drug-likeness (QED) is 0.744. The third-order valence-electron chi connectivity index (χ3n) is 3.01. The van der Waals surface area contributed by atoms with Crippen molar-refractivity contribution in [2.75, 3.05) is 20.3 Å². The number of ether oxygens (including phenoxy) is 1. The van der Waals surface area contributed by atoms with Crippen molar-refractivity contribution in [3.63, 3.8) is 0 Å². The van der Waals surface area contributed by atoms with Gasteiger partial charge in [-0.15, -0.1) is 0 Å². The third-order valence-corrected chi connectivity index (χ3v) is 3.01.